The molecule has 13 heteroatoms. The van der Waals surface area contributed by atoms with E-state index in [0.29, 0.717) is 10.6 Å². The zero-order valence-corrected chi connectivity index (χ0v) is 14.9. The number of aryl methyl sites for hydroxylation is 1. The number of nitrogens with zero attached hydrogens (tertiary/aromatic N) is 5. The fourth-order valence-corrected chi connectivity index (χ4v) is 2.64. The van der Waals surface area contributed by atoms with Gasteiger partial charge >= 0.3 is 16.3 Å². The standard InChI is InChI=1S/C14H9ClF3N5O3S/c1-7-2-3-8(6-9(7)15)12-19-13(14(16,17)18)22-23(12)10-4-5-11(21-20-10)27(24,25)26/h2-6H,1H3,(H,24,25,26). The van der Waals surface area contributed by atoms with Crippen LogP contribution < -0.4 is 0 Å². The minimum absolute atomic E-state index is 0.224. The molecule has 0 aliphatic carbocycles. The lowest BCUT2D eigenvalue weighted by Gasteiger charge is -2.06. The molecular weight excluding hydrogens is 411 g/mol. The van der Waals surface area contributed by atoms with Crippen molar-refractivity contribution >= 4 is 21.7 Å². The van der Waals surface area contributed by atoms with E-state index in [9.17, 15) is 21.6 Å². The second-order valence-electron chi connectivity index (χ2n) is 5.34. The first-order chi connectivity index (χ1) is 12.5. The number of hydrogen-bond acceptors (Lipinski definition) is 6. The molecule has 0 radical (unpaired) electrons. The normalized spacial score (nSPS) is 12.4. The zero-order valence-electron chi connectivity index (χ0n) is 13.3. The van der Waals surface area contributed by atoms with Crippen LogP contribution >= 0.6 is 11.6 Å². The summed E-state index contributed by atoms with van der Waals surface area (Å²) in [5.74, 6) is -1.88. The maximum absolute atomic E-state index is 13.1. The number of rotatable bonds is 3. The van der Waals surface area contributed by atoms with Crippen LogP contribution in [0.5, 0.6) is 0 Å². The van der Waals surface area contributed by atoms with E-state index in [2.05, 4.69) is 20.3 Å². The molecule has 0 bridgehead atoms. The van der Waals surface area contributed by atoms with Crippen molar-refractivity contribution in [2.75, 3.05) is 0 Å². The van der Waals surface area contributed by atoms with Crippen LogP contribution in [0.15, 0.2) is 35.4 Å². The molecule has 27 heavy (non-hydrogen) atoms. The van der Waals surface area contributed by atoms with Crippen molar-refractivity contribution in [1.29, 1.82) is 0 Å². The van der Waals surface area contributed by atoms with Crippen LogP contribution in [0.2, 0.25) is 5.02 Å². The summed E-state index contributed by atoms with van der Waals surface area (Å²) in [6.07, 6.45) is -4.82. The first-order valence-electron chi connectivity index (χ1n) is 7.09. The molecule has 0 saturated heterocycles. The molecule has 3 aromatic rings. The summed E-state index contributed by atoms with van der Waals surface area (Å²) in [5.41, 5.74) is 0.939. The fraction of sp³-hybridized carbons (Fsp3) is 0.143. The predicted molar refractivity (Wildman–Crippen MR) is 86.9 cm³/mol. The minimum Gasteiger partial charge on any atom is -0.281 e. The van der Waals surface area contributed by atoms with Gasteiger partial charge in [0.25, 0.3) is 5.82 Å². The molecule has 142 valence electrons. The second-order valence-corrected chi connectivity index (χ2v) is 7.11. The van der Waals surface area contributed by atoms with Crippen molar-refractivity contribution in [2.45, 2.75) is 18.1 Å². The van der Waals surface area contributed by atoms with Gasteiger partial charge in [-0.2, -0.15) is 26.3 Å². The van der Waals surface area contributed by atoms with Crippen molar-refractivity contribution in [1.82, 2.24) is 25.0 Å². The van der Waals surface area contributed by atoms with Gasteiger partial charge in [-0.1, -0.05) is 23.7 Å². The molecule has 0 amide bonds. The molecule has 3 rings (SSSR count). The molecular formula is C14H9ClF3N5O3S. The van der Waals surface area contributed by atoms with Crippen molar-refractivity contribution in [3.63, 3.8) is 0 Å². The monoisotopic (exact) mass is 419 g/mol. The molecule has 0 unspecified atom stereocenters. The van der Waals surface area contributed by atoms with Crippen LogP contribution in [0.3, 0.4) is 0 Å². The third kappa shape index (κ3) is 3.91. The minimum atomic E-state index is -4.82. The maximum atomic E-state index is 13.1. The lowest BCUT2D eigenvalue weighted by molar-refractivity contribution is -0.144. The highest BCUT2D eigenvalue weighted by atomic mass is 35.5. The summed E-state index contributed by atoms with van der Waals surface area (Å²) in [6, 6.07) is 6.42. The van der Waals surface area contributed by atoms with Gasteiger partial charge in [0.05, 0.1) is 0 Å². The Morgan fingerprint density at radius 3 is 2.37 bits per heavy atom. The van der Waals surface area contributed by atoms with Gasteiger partial charge in [0.15, 0.2) is 11.6 Å². The number of halogens is 4. The summed E-state index contributed by atoms with van der Waals surface area (Å²) in [5, 5.41) is 9.73. The van der Waals surface area contributed by atoms with E-state index < -0.39 is 27.1 Å². The number of aromatic nitrogens is 5. The Morgan fingerprint density at radius 1 is 1.15 bits per heavy atom. The highest BCUT2D eigenvalue weighted by molar-refractivity contribution is 7.85. The van der Waals surface area contributed by atoms with Crippen LogP contribution in [0.4, 0.5) is 13.2 Å². The van der Waals surface area contributed by atoms with Crippen molar-refractivity contribution < 1.29 is 26.1 Å². The van der Waals surface area contributed by atoms with E-state index in [1.807, 2.05) is 0 Å². The summed E-state index contributed by atoms with van der Waals surface area (Å²) in [4.78, 5) is 3.50. The molecule has 0 spiro atoms. The van der Waals surface area contributed by atoms with Gasteiger partial charge in [0.2, 0.25) is 5.03 Å². The first kappa shape index (κ1) is 19.2. The summed E-state index contributed by atoms with van der Waals surface area (Å²) >= 11 is 6.03. The zero-order chi connectivity index (χ0) is 20.0. The van der Waals surface area contributed by atoms with Gasteiger partial charge in [-0.3, -0.25) is 4.55 Å². The van der Waals surface area contributed by atoms with E-state index in [1.54, 1.807) is 13.0 Å². The fourth-order valence-electron chi connectivity index (χ4n) is 2.07. The Kier molecular flexibility index (Phi) is 4.66. The van der Waals surface area contributed by atoms with Crippen LogP contribution in [0, 0.1) is 6.92 Å². The number of hydrogen-bond donors (Lipinski definition) is 1. The highest BCUT2D eigenvalue weighted by Gasteiger charge is 2.37. The largest absolute Gasteiger partial charge is 0.453 e. The van der Waals surface area contributed by atoms with Crippen LogP contribution in [0.1, 0.15) is 11.4 Å². The van der Waals surface area contributed by atoms with Gasteiger partial charge in [-0.15, -0.1) is 15.3 Å². The topological polar surface area (TPSA) is 111 Å². The van der Waals surface area contributed by atoms with Crippen molar-refractivity contribution in [3.05, 3.63) is 46.7 Å². The van der Waals surface area contributed by atoms with Gasteiger partial charge in [-0.05, 0) is 30.7 Å². The van der Waals surface area contributed by atoms with Crippen LogP contribution in [-0.4, -0.2) is 37.9 Å². The molecule has 2 heterocycles. The van der Waals surface area contributed by atoms with Gasteiger partial charge in [0, 0.05) is 10.6 Å². The second kappa shape index (κ2) is 6.55. The Bertz CT molecular complexity index is 1110. The summed E-state index contributed by atoms with van der Waals surface area (Å²) in [6.45, 7) is 1.72. The van der Waals surface area contributed by atoms with E-state index >= 15 is 0 Å². The third-order valence-electron chi connectivity index (χ3n) is 3.40. The van der Waals surface area contributed by atoms with E-state index in [-0.39, 0.29) is 17.2 Å². The average Bonchev–Trinajstić information content (AvgIpc) is 3.02. The highest BCUT2D eigenvalue weighted by Crippen LogP contribution is 2.31. The Morgan fingerprint density at radius 2 is 1.85 bits per heavy atom. The van der Waals surface area contributed by atoms with Crippen molar-refractivity contribution in [3.8, 4) is 17.2 Å². The lowest BCUT2D eigenvalue weighted by Crippen LogP contribution is -2.10. The smallest absolute Gasteiger partial charge is 0.281 e. The Labute approximate surface area is 155 Å². The molecule has 0 aliphatic rings. The summed E-state index contributed by atoms with van der Waals surface area (Å²) < 4.78 is 70.9. The third-order valence-corrected chi connectivity index (χ3v) is 4.55. The SMILES string of the molecule is Cc1ccc(-c2nc(C(F)(F)F)nn2-c2ccc(S(=O)(=O)O)nn2)cc1Cl. The molecule has 2 aromatic heterocycles. The molecule has 0 saturated carbocycles. The van der Waals surface area contributed by atoms with Gasteiger partial charge < -0.3 is 0 Å². The van der Waals surface area contributed by atoms with E-state index in [1.165, 1.54) is 12.1 Å². The molecule has 1 N–H and O–H groups in total. The molecule has 8 nitrogen and oxygen atoms in total. The van der Waals surface area contributed by atoms with Crippen LogP contribution in [0.25, 0.3) is 17.2 Å². The molecule has 0 aliphatic heterocycles. The number of benzene rings is 1. The quantitative estimate of drug-likeness (QED) is 0.649. The van der Waals surface area contributed by atoms with Gasteiger partial charge in [-0.25, -0.2) is 4.98 Å². The molecule has 0 fully saturated rings. The van der Waals surface area contributed by atoms with Gasteiger partial charge in [0.1, 0.15) is 0 Å². The lowest BCUT2D eigenvalue weighted by atomic mass is 10.1. The average molecular weight is 420 g/mol. The number of alkyl halides is 3. The van der Waals surface area contributed by atoms with E-state index in [4.69, 9.17) is 16.2 Å². The van der Waals surface area contributed by atoms with Crippen LogP contribution in [-0.2, 0) is 16.3 Å². The Hall–Kier alpha value is -2.57. The maximum Gasteiger partial charge on any atom is 0.453 e. The first-order valence-corrected chi connectivity index (χ1v) is 8.91. The Balaban J connectivity index is 2.19. The molecule has 0 atom stereocenters. The van der Waals surface area contributed by atoms with E-state index in [0.717, 1.165) is 16.8 Å². The van der Waals surface area contributed by atoms with Crippen molar-refractivity contribution in [2.24, 2.45) is 0 Å². The summed E-state index contributed by atoms with van der Waals surface area (Å²) in [7, 11) is -4.61. The molecule has 1 aromatic carbocycles. The predicted octanol–water partition coefficient (Wildman–Crippen LogP) is 2.95.